The van der Waals surface area contributed by atoms with Crippen LogP contribution >= 0.6 is 11.3 Å². The Balaban J connectivity index is 1.52. The van der Waals surface area contributed by atoms with Gasteiger partial charge in [-0.15, -0.1) is 11.3 Å². The van der Waals surface area contributed by atoms with Gasteiger partial charge in [-0.25, -0.2) is 4.98 Å². The summed E-state index contributed by atoms with van der Waals surface area (Å²) < 4.78 is 6.49. The fraction of sp³-hybridized carbons (Fsp3) is 0.400. The molecule has 2 aromatic carbocycles. The minimum atomic E-state index is -1.54. The van der Waals surface area contributed by atoms with E-state index in [9.17, 15) is 19.6 Å². The number of fused-ring (bicyclic) bond motifs is 2. The topological polar surface area (TPSA) is 96.7 Å². The third-order valence-electron chi connectivity index (χ3n) is 5.99. The molecular formula is C25H28BNO5S. The number of benzene rings is 2. The van der Waals surface area contributed by atoms with Crippen LogP contribution in [0.15, 0.2) is 42.5 Å². The molecule has 3 aromatic rings. The van der Waals surface area contributed by atoms with E-state index in [0.29, 0.717) is 30.2 Å². The van der Waals surface area contributed by atoms with Crippen LogP contribution in [0.4, 0.5) is 0 Å². The molecule has 1 aliphatic carbocycles. The predicted molar refractivity (Wildman–Crippen MR) is 130 cm³/mol. The number of thiazole rings is 1. The lowest BCUT2D eigenvalue weighted by Gasteiger charge is -2.28. The maximum atomic E-state index is 13.6. The average molecular weight is 465 g/mol. The van der Waals surface area contributed by atoms with E-state index in [1.165, 1.54) is 11.3 Å². The van der Waals surface area contributed by atoms with Crippen LogP contribution < -0.4 is 5.46 Å². The van der Waals surface area contributed by atoms with E-state index < -0.39 is 18.1 Å². The molecule has 0 spiro atoms. The molecule has 0 amide bonds. The highest BCUT2D eigenvalue weighted by Gasteiger charge is 2.45. The van der Waals surface area contributed by atoms with Crippen molar-refractivity contribution >= 4 is 45.9 Å². The number of ketones is 1. The molecule has 8 heteroatoms. The summed E-state index contributed by atoms with van der Waals surface area (Å²) in [5.74, 6) is -0.297. The van der Waals surface area contributed by atoms with E-state index in [2.05, 4.69) is 4.98 Å². The summed E-state index contributed by atoms with van der Waals surface area (Å²) in [5.41, 5.74) is 1.90. The van der Waals surface area contributed by atoms with Crippen molar-refractivity contribution in [2.75, 3.05) is 0 Å². The van der Waals surface area contributed by atoms with Crippen LogP contribution in [-0.2, 0) is 33.6 Å². The van der Waals surface area contributed by atoms with Gasteiger partial charge in [0.25, 0.3) is 0 Å². The third-order valence-corrected chi connectivity index (χ3v) is 7.09. The van der Waals surface area contributed by atoms with Crippen molar-refractivity contribution in [3.63, 3.8) is 0 Å². The number of aromatic nitrogens is 1. The van der Waals surface area contributed by atoms with Gasteiger partial charge in [0, 0.05) is 18.3 Å². The van der Waals surface area contributed by atoms with Gasteiger partial charge < -0.3 is 14.8 Å². The van der Waals surface area contributed by atoms with E-state index in [1.54, 1.807) is 12.1 Å². The van der Waals surface area contributed by atoms with Crippen LogP contribution in [0.25, 0.3) is 10.2 Å². The molecule has 172 valence electrons. The van der Waals surface area contributed by atoms with Crippen molar-refractivity contribution in [1.29, 1.82) is 0 Å². The third kappa shape index (κ3) is 5.34. The highest BCUT2D eigenvalue weighted by molar-refractivity contribution is 7.18. The Morgan fingerprint density at radius 2 is 1.79 bits per heavy atom. The van der Waals surface area contributed by atoms with Crippen LogP contribution in [0.3, 0.4) is 0 Å². The molecule has 0 atom stereocenters. The number of aryl methyl sites for hydroxylation is 1. The molecule has 1 heterocycles. The number of hydrogen-bond acceptors (Lipinski definition) is 7. The second-order valence-corrected chi connectivity index (χ2v) is 10.9. The number of hydrogen-bond donors (Lipinski definition) is 2. The second kappa shape index (κ2) is 9.01. The Bertz CT molecular complexity index is 1170. The summed E-state index contributed by atoms with van der Waals surface area (Å²) in [5, 5.41) is 19.6. The van der Waals surface area contributed by atoms with Gasteiger partial charge in [0.2, 0.25) is 0 Å². The number of nitrogens with zero attached hydrogens (tertiary/aromatic N) is 1. The van der Waals surface area contributed by atoms with Gasteiger partial charge in [-0.3, -0.25) is 9.59 Å². The molecule has 0 aliphatic heterocycles. The van der Waals surface area contributed by atoms with Crippen molar-refractivity contribution < 1.29 is 24.4 Å². The van der Waals surface area contributed by atoms with Gasteiger partial charge in [-0.2, -0.15) is 0 Å². The first-order valence-corrected chi connectivity index (χ1v) is 11.9. The molecule has 2 N–H and O–H groups in total. The van der Waals surface area contributed by atoms with E-state index in [-0.39, 0.29) is 24.6 Å². The van der Waals surface area contributed by atoms with E-state index in [0.717, 1.165) is 20.8 Å². The minimum absolute atomic E-state index is 0.0512. The predicted octanol–water partition coefficient (Wildman–Crippen LogP) is 2.99. The second-order valence-electron chi connectivity index (χ2n) is 9.80. The number of esters is 1. The summed E-state index contributed by atoms with van der Waals surface area (Å²) >= 11 is 1.49. The summed E-state index contributed by atoms with van der Waals surface area (Å²) in [4.78, 5) is 30.9. The van der Waals surface area contributed by atoms with E-state index >= 15 is 0 Å². The Hall–Kier alpha value is -2.55. The maximum absolute atomic E-state index is 13.6. The molecule has 0 radical (unpaired) electrons. The van der Waals surface area contributed by atoms with Crippen LogP contribution in [0, 0.1) is 5.41 Å². The van der Waals surface area contributed by atoms with Crippen molar-refractivity contribution in [2.45, 2.75) is 58.5 Å². The van der Waals surface area contributed by atoms with Gasteiger partial charge in [-0.1, -0.05) is 30.3 Å². The van der Waals surface area contributed by atoms with Crippen molar-refractivity contribution in [3.05, 3.63) is 58.6 Å². The number of Topliss-reactive ketones (excluding diaryl/α,β-unsaturated/α-hetero) is 1. The summed E-state index contributed by atoms with van der Waals surface area (Å²) in [6.07, 6.45) is 1.90. The molecule has 0 unspecified atom stereocenters. The number of carbonyl (C=O) groups excluding carboxylic acids is 2. The molecular weight excluding hydrogens is 437 g/mol. The maximum Gasteiger partial charge on any atom is 0.488 e. The largest absolute Gasteiger partial charge is 0.488 e. The Labute approximate surface area is 197 Å². The molecule has 0 saturated heterocycles. The lowest BCUT2D eigenvalue weighted by molar-refractivity contribution is -0.159. The monoisotopic (exact) mass is 465 g/mol. The van der Waals surface area contributed by atoms with Crippen LogP contribution in [0.5, 0.6) is 0 Å². The highest BCUT2D eigenvalue weighted by Crippen LogP contribution is 2.42. The summed E-state index contributed by atoms with van der Waals surface area (Å²) in [7, 11) is -1.54. The normalized spacial score (nSPS) is 14.8. The Morgan fingerprint density at radius 1 is 1.12 bits per heavy atom. The molecule has 0 fully saturated rings. The average Bonchev–Trinajstić information content (AvgIpc) is 3.30. The molecule has 4 rings (SSSR count). The molecule has 1 aliphatic rings. The van der Waals surface area contributed by atoms with Crippen LogP contribution in [-0.4, -0.2) is 39.5 Å². The molecule has 1 aromatic heterocycles. The minimum Gasteiger partial charge on any atom is -0.460 e. The first-order valence-electron chi connectivity index (χ1n) is 11.1. The van der Waals surface area contributed by atoms with Crippen LogP contribution in [0.1, 0.15) is 49.7 Å². The number of carbonyl (C=O) groups is 2. The zero-order chi connectivity index (χ0) is 23.8. The molecule has 6 nitrogen and oxygen atoms in total. The smallest absolute Gasteiger partial charge is 0.460 e. The van der Waals surface area contributed by atoms with E-state index in [4.69, 9.17) is 4.74 Å². The summed E-state index contributed by atoms with van der Waals surface area (Å²) in [6, 6.07) is 13.1. The van der Waals surface area contributed by atoms with Gasteiger partial charge in [0.15, 0.2) is 0 Å². The van der Waals surface area contributed by atoms with E-state index in [1.807, 2.05) is 51.1 Å². The zero-order valence-electron chi connectivity index (χ0n) is 19.1. The molecule has 0 bridgehead atoms. The highest BCUT2D eigenvalue weighted by atomic mass is 32.1. The Kier molecular flexibility index (Phi) is 6.44. The number of rotatable bonds is 7. The molecule has 0 saturated carbocycles. The zero-order valence-corrected chi connectivity index (χ0v) is 19.9. The quantitative estimate of drug-likeness (QED) is 0.412. The summed E-state index contributed by atoms with van der Waals surface area (Å²) in [6.45, 7) is 5.49. The Morgan fingerprint density at radius 3 is 2.39 bits per heavy atom. The van der Waals surface area contributed by atoms with Crippen molar-refractivity contribution in [1.82, 2.24) is 4.98 Å². The van der Waals surface area contributed by atoms with Gasteiger partial charge in [-0.05, 0) is 62.3 Å². The lowest BCUT2D eigenvalue weighted by atomic mass is 9.76. The van der Waals surface area contributed by atoms with Crippen molar-refractivity contribution in [2.24, 2.45) is 5.41 Å². The van der Waals surface area contributed by atoms with Crippen molar-refractivity contribution in [3.8, 4) is 0 Å². The number of ether oxygens (including phenoxy) is 1. The standard InChI is InChI=1S/C25H28BNO5S/c1-24(2,3)32-23(29)15-25(13-16-6-4-5-7-17(16)14-25)21(28)10-11-22-27-19-12-18(26(30)31)8-9-20(19)33-22/h4-9,12,30-31H,10-11,13-15H2,1-3H3. The first kappa shape index (κ1) is 23.6. The van der Waals surface area contributed by atoms with Gasteiger partial charge >= 0.3 is 13.1 Å². The first-order chi connectivity index (χ1) is 15.5. The van der Waals surface area contributed by atoms with Gasteiger partial charge in [0.05, 0.1) is 21.6 Å². The van der Waals surface area contributed by atoms with Crippen LogP contribution in [0.2, 0.25) is 0 Å². The SMILES string of the molecule is CC(C)(C)OC(=O)CC1(C(=O)CCc2nc3cc(B(O)O)ccc3s2)Cc2ccccc2C1. The van der Waals surface area contributed by atoms with Gasteiger partial charge in [0.1, 0.15) is 11.4 Å². The fourth-order valence-electron chi connectivity index (χ4n) is 4.51. The lowest BCUT2D eigenvalue weighted by Crippen LogP contribution is -2.37. The fourth-order valence-corrected chi connectivity index (χ4v) is 5.46. The molecule has 33 heavy (non-hydrogen) atoms.